The molecule has 54 valence electrons. The Balaban J connectivity index is 2.97. The van der Waals surface area contributed by atoms with E-state index in [9.17, 15) is 4.11 Å². The monoisotopic (exact) mass is 154 g/mol. The van der Waals surface area contributed by atoms with Gasteiger partial charge < -0.3 is 4.11 Å². The molecule has 0 aliphatic heterocycles. The molecule has 0 radical (unpaired) electrons. The van der Waals surface area contributed by atoms with Crippen molar-refractivity contribution in [1.29, 1.82) is 0 Å². The van der Waals surface area contributed by atoms with E-state index in [2.05, 4.69) is 0 Å². The number of halogens is 1. The van der Waals surface area contributed by atoms with Gasteiger partial charge in [-0.2, -0.15) is 0 Å². The van der Waals surface area contributed by atoms with Crippen molar-refractivity contribution in [2.45, 2.75) is 13.1 Å². The summed E-state index contributed by atoms with van der Waals surface area (Å²) >= 11 is 0. The van der Waals surface area contributed by atoms with E-state index >= 15 is 0 Å². The fraction of sp³-hybridized carbons (Fsp3) is 0.250. The second-order valence-corrected chi connectivity index (χ2v) is 6.36. The molecule has 0 aliphatic carbocycles. The summed E-state index contributed by atoms with van der Waals surface area (Å²) in [5.74, 6) is 0. The van der Waals surface area contributed by atoms with Gasteiger partial charge in [0.15, 0.2) is 0 Å². The van der Waals surface area contributed by atoms with Crippen LogP contribution in [0.2, 0.25) is 13.1 Å². The molecule has 1 rings (SSSR count). The van der Waals surface area contributed by atoms with E-state index in [-0.39, 0.29) is 0 Å². The van der Waals surface area contributed by atoms with E-state index in [0.29, 0.717) is 0 Å². The molecule has 10 heavy (non-hydrogen) atoms. The molecule has 0 amide bonds. The number of hydrogen-bond donors (Lipinski definition) is 0. The summed E-state index contributed by atoms with van der Waals surface area (Å²) in [7, 11) is -2.53. The Labute approximate surface area is 61.9 Å². The van der Waals surface area contributed by atoms with Gasteiger partial charge >= 0.3 is 0 Å². The highest BCUT2D eigenvalue weighted by atomic mass is 28.4. The molecular formula is C8H11FSi. The van der Waals surface area contributed by atoms with Gasteiger partial charge in [0.1, 0.15) is 0 Å². The fourth-order valence-corrected chi connectivity index (χ4v) is 1.82. The van der Waals surface area contributed by atoms with Crippen molar-refractivity contribution in [3.05, 3.63) is 30.3 Å². The second-order valence-electron chi connectivity index (χ2n) is 2.84. The highest BCUT2D eigenvalue weighted by molar-refractivity contribution is 6.83. The molecule has 0 bridgehead atoms. The van der Waals surface area contributed by atoms with E-state index in [1.54, 1.807) is 13.1 Å². The Bertz CT molecular complexity index is 200. The molecule has 0 saturated heterocycles. The Kier molecular flexibility index (Phi) is 1.90. The van der Waals surface area contributed by atoms with Gasteiger partial charge in [0, 0.05) is 0 Å². The van der Waals surface area contributed by atoms with Crippen LogP contribution < -0.4 is 5.19 Å². The van der Waals surface area contributed by atoms with Crippen LogP contribution in [0.15, 0.2) is 30.3 Å². The molecule has 0 heterocycles. The minimum absolute atomic E-state index is 0.870. The lowest BCUT2D eigenvalue weighted by Gasteiger charge is -2.09. The highest BCUT2D eigenvalue weighted by Crippen LogP contribution is 2.02. The molecule has 0 atom stereocenters. The van der Waals surface area contributed by atoms with E-state index < -0.39 is 8.41 Å². The summed E-state index contributed by atoms with van der Waals surface area (Å²) in [5, 5.41) is 0.870. The highest BCUT2D eigenvalue weighted by Gasteiger charge is 2.22. The average Bonchev–Trinajstić information content (AvgIpc) is 1.88. The van der Waals surface area contributed by atoms with Crippen LogP contribution in [-0.4, -0.2) is 8.41 Å². The van der Waals surface area contributed by atoms with Crippen LogP contribution in [0.25, 0.3) is 0 Å². The fourth-order valence-electron chi connectivity index (χ4n) is 0.834. The predicted molar refractivity (Wildman–Crippen MR) is 44.7 cm³/mol. The van der Waals surface area contributed by atoms with Gasteiger partial charge in [-0.3, -0.25) is 0 Å². The van der Waals surface area contributed by atoms with Gasteiger partial charge in [-0.25, -0.2) is 0 Å². The summed E-state index contributed by atoms with van der Waals surface area (Å²) in [6.07, 6.45) is 0. The van der Waals surface area contributed by atoms with Crippen molar-refractivity contribution in [3.63, 3.8) is 0 Å². The Morgan fingerprint density at radius 2 is 1.60 bits per heavy atom. The zero-order valence-electron chi connectivity index (χ0n) is 6.26. The van der Waals surface area contributed by atoms with Gasteiger partial charge in [-0.15, -0.1) is 0 Å². The molecular weight excluding hydrogens is 143 g/mol. The predicted octanol–water partition coefficient (Wildman–Crippen LogP) is 2.07. The van der Waals surface area contributed by atoms with Gasteiger partial charge in [-0.1, -0.05) is 30.3 Å². The average molecular weight is 154 g/mol. The zero-order valence-corrected chi connectivity index (χ0v) is 7.26. The summed E-state index contributed by atoms with van der Waals surface area (Å²) in [5.41, 5.74) is 0. The van der Waals surface area contributed by atoms with Crippen LogP contribution in [0.1, 0.15) is 0 Å². The first kappa shape index (κ1) is 7.47. The van der Waals surface area contributed by atoms with Crippen LogP contribution in [0.4, 0.5) is 4.11 Å². The van der Waals surface area contributed by atoms with Gasteiger partial charge in [-0.05, 0) is 18.3 Å². The van der Waals surface area contributed by atoms with Crippen molar-refractivity contribution in [3.8, 4) is 0 Å². The maximum Gasteiger partial charge on any atom is 0.271 e. The van der Waals surface area contributed by atoms with Crippen LogP contribution in [0.5, 0.6) is 0 Å². The molecule has 0 fully saturated rings. The van der Waals surface area contributed by atoms with E-state index in [4.69, 9.17) is 0 Å². The molecule has 0 aliphatic rings. The van der Waals surface area contributed by atoms with Crippen molar-refractivity contribution >= 4 is 13.6 Å². The minimum atomic E-state index is -2.53. The first-order chi connectivity index (χ1) is 4.61. The molecule has 1 aromatic carbocycles. The van der Waals surface area contributed by atoms with Crippen molar-refractivity contribution in [1.82, 2.24) is 0 Å². The first-order valence-electron chi connectivity index (χ1n) is 3.35. The standard InChI is InChI=1S/C8H11FSi/c1-10(2,9)8-6-4-3-5-7-8/h3-7H,1-2H3. The second kappa shape index (κ2) is 2.54. The van der Waals surface area contributed by atoms with Crippen molar-refractivity contribution in [2.75, 3.05) is 0 Å². The maximum absolute atomic E-state index is 13.3. The summed E-state index contributed by atoms with van der Waals surface area (Å²) in [4.78, 5) is 0. The van der Waals surface area contributed by atoms with Crippen LogP contribution in [0, 0.1) is 0 Å². The van der Waals surface area contributed by atoms with Crippen molar-refractivity contribution in [2.24, 2.45) is 0 Å². The van der Waals surface area contributed by atoms with Gasteiger partial charge in [0.25, 0.3) is 8.41 Å². The summed E-state index contributed by atoms with van der Waals surface area (Å²) < 4.78 is 13.3. The zero-order chi connectivity index (χ0) is 7.61. The summed E-state index contributed by atoms with van der Waals surface area (Å²) in [6, 6.07) is 9.37. The lowest BCUT2D eigenvalue weighted by molar-refractivity contribution is 0.822. The largest absolute Gasteiger partial charge is 0.308 e. The molecule has 0 aromatic heterocycles. The van der Waals surface area contributed by atoms with Crippen LogP contribution in [-0.2, 0) is 0 Å². The topological polar surface area (TPSA) is 0 Å². The first-order valence-corrected chi connectivity index (χ1v) is 6.23. The quantitative estimate of drug-likeness (QED) is 0.429. The Morgan fingerprint density at radius 1 is 1.10 bits per heavy atom. The molecule has 0 saturated carbocycles. The molecule has 1 aromatic rings. The van der Waals surface area contributed by atoms with Crippen LogP contribution >= 0.6 is 0 Å². The molecule has 0 N–H and O–H groups in total. The third-order valence-electron chi connectivity index (χ3n) is 1.46. The van der Waals surface area contributed by atoms with E-state index in [1.807, 2.05) is 30.3 Å². The van der Waals surface area contributed by atoms with E-state index in [0.717, 1.165) is 5.19 Å². The molecule has 0 spiro atoms. The van der Waals surface area contributed by atoms with Gasteiger partial charge in [0.2, 0.25) is 0 Å². The number of benzene rings is 1. The SMILES string of the molecule is C[Si](C)(F)c1ccccc1. The van der Waals surface area contributed by atoms with Crippen LogP contribution in [0.3, 0.4) is 0 Å². The van der Waals surface area contributed by atoms with Crippen molar-refractivity contribution < 1.29 is 4.11 Å². The van der Waals surface area contributed by atoms with Gasteiger partial charge in [0.05, 0.1) is 0 Å². The normalized spacial score (nSPS) is 11.5. The van der Waals surface area contributed by atoms with E-state index in [1.165, 1.54) is 0 Å². The third kappa shape index (κ3) is 1.67. The minimum Gasteiger partial charge on any atom is -0.308 e. The maximum atomic E-state index is 13.3. The lowest BCUT2D eigenvalue weighted by atomic mass is 10.4. The molecule has 0 nitrogen and oxygen atoms in total. The Morgan fingerprint density at radius 3 is 1.90 bits per heavy atom. The lowest BCUT2D eigenvalue weighted by Crippen LogP contribution is -2.35. The number of hydrogen-bond acceptors (Lipinski definition) is 0. The Hall–Kier alpha value is -0.633. The number of rotatable bonds is 1. The smallest absolute Gasteiger partial charge is 0.271 e. The molecule has 0 unspecified atom stereocenters. The third-order valence-corrected chi connectivity index (χ3v) is 3.17. The summed E-state index contributed by atoms with van der Waals surface area (Å²) in [6.45, 7) is 3.39. The molecule has 2 heteroatoms.